The number of rotatable bonds is 6. The van der Waals surface area contributed by atoms with E-state index in [9.17, 15) is 14.4 Å². The maximum Gasteiger partial charge on any atom is 0.408 e. The van der Waals surface area contributed by atoms with Crippen molar-refractivity contribution in [2.45, 2.75) is 46.3 Å². The van der Waals surface area contributed by atoms with Gasteiger partial charge < -0.3 is 19.5 Å². The third-order valence-corrected chi connectivity index (χ3v) is 2.00. The van der Waals surface area contributed by atoms with Gasteiger partial charge in [0.05, 0.1) is 0 Å². The maximum atomic E-state index is 11.6. The van der Waals surface area contributed by atoms with Gasteiger partial charge in [0.25, 0.3) is 0 Å². The molecule has 0 fully saturated rings. The molecule has 0 aliphatic carbocycles. The van der Waals surface area contributed by atoms with Crippen molar-refractivity contribution in [3.63, 3.8) is 0 Å². The molecule has 0 spiro atoms. The molecule has 0 bridgehead atoms. The Morgan fingerprint density at radius 2 is 1.67 bits per heavy atom. The Morgan fingerprint density at radius 3 is 2.14 bits per heavy atom. The zero-order valence-corrected chi connectivity index (χ0v) is 13.1. The fourth-order valence-corrected chi connectivity index (χ4v) is 1.07. The van der Waals surface area contributed by atoms with Crippen molar-refractivity contribution in [3.05, 3.63) is 12.2 Å². The molecule has 0 rings (SSSR count). The van der Waals surface area contributed by atoms with Crippen LogP contribution in [-0.2, 0) is 23.8 Å². The minimum absolute atomic E-state index is 0.0728. The summed E-state index contributed by atoms with van der Waals surface area (Å²) < 4.78 is 14.6. The monoisotopic (exact) mass is 301 g/mol. The summed E-state index contributed by atoms with van der Waals surface area (Å²) in [6, 6.07) is -0.864. The van der Waals surface area contributed by atoms with E-state index in [-0.39, 0.29) is 18.8 Å². The molecular formula is C14H23NO6. The van der Waals surface area contributed by atoms with E-state index in [1.54, 1.807) is 20.8 Å². The summed E-state index contributed by atoms with van der Waals surface area (Å²) in [5.74, 6) is -1.20. The molecule has 120 valence electrons. The summed E-state index contributed by atoms with van der Waals surface area (Å²) in [6.07, 6.45) is -0.708. The first kappa shape index (κ1) is 18.9. The van der Waals surface area contributed by atoms with Gasteiger partial charge >= 0.3 is 18.0 Å². The number of esters is 2. The van der Waals surface area contributed by atoms with Gasteiger partial charge in [-0.15, -0.1) is 0 Å². The van der Waals surface area contributed by atoms with Crippen LogP contribution in [0.4, 0.5) is 4.79 Å². The van der Waals surface area contributed by atoms with Crippen LogP contribution in [0.3, 0.4) is 0 Å². The van der Waals surface area contributed by atoms with Gasteiger partial charge in [0.1, 0.15) is 24.9 Å². The molecule has 21 heavy (non-hydrogen) atoms. The highest BCUT2D eigenvalue weighted by atomic mass is 16.6. The number of hydrogen-bond acceptors (Lipinski definition) is 6. The van der Waals surface area contributed by atoms with Crippen molar-refractivity contribution in [2.75, 3.05) is 13.2 Å². The summed E-state index contributed by atoms with van der Waals surface area (Å²) >= 11 is 0. The summed E-state index contributed by atoms with van der Waals surface area (Å²) in [5.41, 5.74) is -0.383. The highest BCUT2D eigenvalue weighted by Crippen LogP contribution is 2.06. The Bertz CT molecular complexity index is 410. The molecule has 0 aliphatic heterocycles. The fourth-order valence-electron chi connectivity index (χ4n) is 1.07. The van der Waals surface area contributed by atoms with Gasteiger partial charge in [0.15, 0.2) is 0 Å². The first-order valence-electron chi connectivity index (χ1n) is 6.51. The number of carbonyl (C=O) groups is 3. The normalized spacial score (nSPS) is 12.0. The fraction of sp³-hybridized carbons (Fsp3) is 0.643. The lowest BCUT2D eigenvalue weighted by Crippen LogP contribution is -2.42. The van der Waals surface area contributed by atoms with Crippen LogP contribution >= 0.6 is 0 Å². The van der Waals surface area contributed by atoms with E-state index in [1.165, 1.54) is 13.8 Å². The minimum atomic E-state index is -0.864. The van der Waals surface area contributed by atoms with Gasteiger partial charge in [-0.3, -0.25) is 0 Å². The highest BCUT2D eigenvalue weighted by Gasteiger charge is 2.21. The summed E-state index contributed by atoms with van der Waals surface area (Å²) in [6.45, 7) is 11.4. The van der Waals surface area contributed by atoms with Crippen molar-refractivity contribution in [3.8, 4) is 0 Å². The standard InChI is InChI=1S/C14H23NO6/c1-9(2)11(16)19-7-8-20-12(17)10(3)15-13(18)21-14(4,5)6/h10H,1,7-8H2,2-6H3,(H,15,18). The van der Waals surface area contributed by atoms with E-state index in [0.29, 0.717) is 0 Å². The average molecular weight is 301 g/mol. The SMILES string of the molecule is C=C(C)C(=O)OCCOC(=O)C(C)NC(=O)OC(C)(C)C. The Hall–Kier alpha value is -2.05. The predicted molar refractivity (Wildman–Crippen MR) is 75.6 cm³/mol. The average Bonchev–Trinajstić information content (AvgIpc) is 2.31. The number of ether oxygens (including phenoxy) is 3. The molecule has 7 heteroatoms. The Labute approximate surface area is 124 Å². The third kappa shape index (κ3) is 9.48. The van der Waals surface area contributed by atoms with E-state index in [4.69, 9.17) is 14.2 Å². The number of carbonyl (C=O) groups excluding carboxylic acids is 3. The van der Waals surface area contributed by atoms with Gasteiger partial charge in [0, 0.05) is 5.57 Å². The van der Waals surface area contributed by atoms with Crippen molar-refractivity contribution in [1.82, 2.24) is 5.32 Å². The van der Waals surface area contributed by atoms with E-state index < -0.39 is 29.7 Å². The summed E-state index contributed by atoms with van der Waals surface area (Å²) in [7, 11) is 0. The second-order valence-electron chi connectivity index (χ2n) is 5.45. The number of alkyl carbamates (subject to hydrolysis) is 1. The third-order valence-electron chi connectivity index (χ3n) is 2.00. The molecule has 1 N–H and O–H groups in total. The zero-order valence-electron chi connectivity index (χ0n) is 13.1. The molecule has 0 saturated heterocycles. The van der Waals surface area contributed by atoms with E-state index in [2.05, 4.69) is 11.9 Å². The van der Waals surface area contributed by atoms with Gasteiger partial charge in [-0.05, 0) is 34.6 Å². The van der Waals surface area contributed by atoms with Crippen LogP contribution in [0.2, 0.25) is 0 Å². The summed E-state index contributed by atoms with van der Waals surface area (Å²) in [4.78, 5) is 34.1. The van der Waals surface area contributed by atoms with Crippen molar-refractivity contribution < 1.29 is 28.6 Å². The molecule has 7 nitrogen and oxygen atoms in total. The topological polar surface area (TPSA) is 90.9 Å². The van der Waals surface area contributed by atoms with Crippen LogP contribution in [0.5, 0.6) is 0 Å². The van der Waals surface area contributed by atoms with Crippen LogP contribution in [0.1, 0.15) is 34.6 Å². The first-order chi connectivity index (χ1) is 9.53. The maximum absolute atomic E-state index is 11.6. The molecule has 1 atom stereocenters. The van der Waals surface area contributed by atoms with E-state index in [1.807, 2.05) is 0 Å². The van der Waals surface area contributed by atoms with Gasteiger partial charge in [-0.1, -0.05) is 6.58 Å². The number of amides is 1. The van der Waals surface area contributed by atoms with Crippen LogP contribution < -0.4 is 5.32 Å². The smallest absolute Gasteiger partial charge is 0.408 e. The van der Waals surface area contributed by atoms with E-state index >= 15 is 0 Å². The first-order valence-corrected chi connectivity index (χ1v) is 6.51. The van der Waals surface area contributed by atoms with Crippen LogP contribution in [0.25, 0.3) is 0 Å². The molecule has 0 aromatic rings. The van der Waals surface area contributed by atoms with Gasteiger partial charge in [-0.2, -0.15) is 0 Å². The molecule has 0 aromatic heterocycles. The Balaban J connectivity index is 3.98. The van der Waals surface area contributed by atoms with Gasteiger partial charge in [-0.25, -0.2) is 14.4 Å². The number of hydrogen-bond donors (Lipinski definition) is 1. The number of nitrogens with one attached hydrogen (secondary N) is 1. The van der Waals surface area contributed by atoms with Crippen LogP contribution in [0.15, 0.2) is 12.2 Å². The molecule has 1 amide bonds. The van der Waals surface area contributed by atoms with Crippen molar-refractivity contribution >= 4 is 18.0 Å². The lowest BCUT2D eigenvalue weighted by atomic mass is 10.2. The van der Waals surface area contributed by atoms with Crippen LogP contribution in [0, 0.1) is 0 Å². The van der Waals surface area contributed by atoms with E-state index in [0.717, 1.165) is 0 Å². The molecule has 0 aromatic carbocycles. The Morgan fingerprint density at radius 1 is 1.14 bits per heavy atom. The predicted octanol–water partition coefficient (Wildman–Crippen LogP) is 1.56. The van der Waals surface area contributed by atoms with Crippen molar-refractivity contribution in [1.29, 1.82) is 0 Å². The second kappa shape index (κ2) is 8.28. The minimum Gasteiger partial charge on any atom is -0.461 e. The van der Waals surface area contributed by atoms with Gasteiger partial charge in [0.2, 0.25) is 0 Å². The summed E-state index contributed by atoms with van der Waals surface area (Å²) in [5, 5.41) is 2.35. The molecule has 0 aliphatic rings. The highest BCUT2D eigenvalue weighted by molar-refractivity contribution is 5.87. The van der Waals surface area contributed by atoms with Crippen molar-refractivity contribution in [2.24, 2.45) is 0 Å². The zero-order chi connectivity index (χ0) is 16.6. The molecular weight excluding hydrogens is 278 g/mol. The Kier molecular flexibility index (Phi) is 7.48. The molecule has 0 saturated carbocycles. The lowest BCUT2D eigenvalue weighted by Gasteiger charge is -2.21. The quantitative estimate of drug-likeness (QED) is 0.346. The largest absolute Gasteiger partial charge is 0.461 e. The molecule has 1 unspecified atom stereocenters. The second-order valence-corrected chi connectivity index (χ2v) is 5.45. The lowest BCUT2D eigenvalue weighted by molar-refractivity contribution is -0.151. The molecule has 0 radical (unpaired) electrons. The molecule has 0 heterocycles. The van der Waals surface area contributed by atoms with Crippen LogP contribution in [-0.4, -0.2) is 42.9 Å².